The lowest BCUT2D eigenvalue weighted by Gasteiger charge is -2.36. The van der Waals surface area contributed by atoms with Crippen LogP contribution in [0.2, 0.25) is 0 Å². The summed E-state index contributed by atoms with van der Waals surface area (Å²) in [5.41, 5.74) is 1.57. The number of hydrogen-bond donors (Lipinski definition) is 0. The van der Waals surface area contributed by atoms with Crippen LogP contribution in [0.1, 0.15) is 35.9 Å². The van der Waals surface area contributed by atoms with Crippen LogP contribution < -0.4 is 0 Å². The van der Waals surface area contributed by atoms with E-state index in [1.54, 1.807) is 0 Å². The molecule has 0 amide bonds. The van der Waals surface area contributed by atoms with Crippen molar-refractivity contribution in [1.29, 1.82) is 0 Å². The second kappa shape index (κ2) is 9.82. The summed E-state index contributed by atoms with van der Waals surface area (Å²) in [6, 6.07) is 12.7. The molecule has 1 aliphatic heterocycles. The maximum Gasteiger partial charge on any atom is 0.416 e. The molecule has 188 valence electrons. The van der Waals surface area contributed by atoms with Gasteiger partial charge in [-0.05, 0) is 38.1 Å². The predicted molar refractivity (Wildman–Crippen MR) is 124 cm³/mol. The third-order valence-electron chi connectivity index (χ3n) is 6.33. The van der Waals surface area contributed by atoms with Gasteiger partial charge >= 0.3 is 6.18 Å². The number of benzene rings is 2. The van der Waals surface area contributed by atoms with Crippen molar-refractivity contribution < 1.29 is 22.1 Å². The van der Waals surface area contributed by atoms with E-state index < -0.39 is 11.7 Å². The molecular weight excluding hydrogens is 473 g/mol. The first-order valence-electron chi connectivity index (χ1n) is 11.6. The summed E-state index contributed by atoms with van der Waals surface area (Å²) in [5, 5.41) is 12.3. The van der Waals surface area contributed by atoms with E-state index >= 15 is 0 Å². The van der Waals surface area contributed by atoms with Crippen LogP contribution in [-0.4, -0.2) is 56.3 Å². The third-order valence-corrected chi connectivity index (χ3v) is 6.33. The molecule has 11 heteroatoms. The molecule has 0 radical (unpaired) electrons. The van der Waals surface area contributed by atoms with Crippen LogP contribution in [0.3, 0.4) is 0 Å². The first-order valence-corrected chi connectivity index (χ1v) is 11.6. The SMILES string of the molecule is Cc1ccc(-c2nnc(CN3CCN(C(C)c4nc(-c5cccc(C(F)(F)F)c5)no4)CC3)o2)cc1. The Morgan fingerprint density at radius 1 is 0.972 bits per heavy atom. The minimum absolute atomic E-state index is 0.141. The Morgan fingerprint density at radius 2 is 1.72 bits per heavy atom. The highest BCUT2D eigenvalue weighted by Crippen LogP contribution is 2.32. The number of hydrogen-bond acceptors (Lipinski definition) is 8. The van der Waals surface area contributed by atoms with Crippen LogP contribution in [0, 0.1) is 6.92 Å². The molecule has 0 N–H and O–H groups in total. The van der Waals surface area contributed by atoms with E-state index in [9.17, 15) is 13.2 Å². The number of aromatic nitrogens is 4. The van der Waals surface area contributed by atoms with Gasteiger partial charge in [0.25, 0.3) is 0 Å². The van der Waals surface area contributed by atoms with Crippen LogP contribution >= 0.6 is 0 Å². The lowest BCUT2D eigenvalue weighted by atomic mass is 10.1. The van der Waals surface area contributed by atoms with Gasteiger partial charge in [0.2, 0.25) is 23.5 Å². The maximum atomic E-state index is 13.0. The summed E-state index contributed by atoms with van der Waals surface area (Å²) in [4.78, 5) is 8.80. The Balaban J connectivity index is 1.17. The third kappa shape index (κ3) is 5.31. The fourth-order valence-corrected chi connectivity index (χ4v) is 4.14. The topological polar surface area (TPSA) is 84.3 Å². The van der Waals surface area contributed by atoms with Crippen molar-refractivity contribution in [2.24, 2.45) is 0 Å². The Bertz CT molecular complexity index is 1310. The summed E-state index contributed by atoms with van der Waals surface area (Å²) in [6.45, 7) is 7.59. The van der Waals surface area contributed by atoms with Gasteiger partial charge in [0.15, 0.2) is 0 Å². The molecule has 0 bridgehead atoms. The Hall–Kier alpha value is -3.57. The minimum Gasteiger partial charge on any atom is -0.419 e. The standard InChI is InChI=1S/C25H25F3N6O2/c1-16-6-8-18(9-7-16)24-31-30-21(35-24)15-33-10-12-34(13-11-33)17(2)23-29-22(32-36-23)19-4-3-5-20(14-19)25(26,27)28/h3-9,14,17H,10-13,15H2,1-2H3. The van der Waals surface area contributed by atoms with E-state index in [2.05, 4.69) is 30.1 Å². The number of rotatable bonds is 6. The zero-order valence-corrected chi connectivity index (χ0v) is 19.9. The molecule has 8 nitrogen and oxygen atoms in total. The summed E-state index contributed by atoms with van der Waals surface area (Å²) >= 11 is 0. The van der Waals surface area contributed by atoms with Gasteiger partial charge in [0.1, 0.15) is 0 Å². The quantitative estimate of drug-likeness (QED) is 0.368. The van der Waals surface area contributed by atoms with Crippen LogP contribution in [0.5, 0.6) is 0 Å². The summed E-state index contributed by atoms with van der Waals surface area (Å²) in [7, 11) is 0. The molecule has 1 unspecified atom stereocenters. The average molecular weight is 499 g/mol. The van der Waals surface area contributed by atoms with Gasteiger partial charge in [-0.2, -0.15) is 18.2 Å². The van der Waals surface area contributed by atoms with Gasteiger partial charge in [-0.15, -0.1) is 10.2 Å². The average Bonchev–Trinajstić information content (AvgIpc) is 3.55. The van der Waals surface area contributed by atoms with E-state index in [-0.39, 0.29) is 17.4 Å². The fraction of sp³-hybridized carbons (Fsp3) is 0.360. The molecule has 1 saturated heterocycles. The second-order valence-electron chi connectivity index (χ2n) is 8.89. The molecule has 0 saturated carbocycles. The molecule has 0 spiro atoms. The van der Waals surface area contributed by atoms with E-state index in [1.807, 2.05) is 38.1 Å². The van der Waals surface area contributed by atoms with Gasteiger partial charge in [-0.3, -0.25) is 9.80 Å². The van der Waals surface area contributed by atoms with Gasteiger partial charge in [-0.1, -0.05) is 35.0 Å². The van der Waals surface area contributed by atoms with E-state index in [1.165, 1.54) is 12.1 Å². The summed E-state index contributed by atoms with van der Waals surface area (Å²) in [5.74, 6) is 1.58. The van der Waals surface area contributed by atoms with Crippen molar-refractivity contribution >= 4 is 0 Å². The zero-order chi connectivity index (χ0) is 25.3. The molecule has 2 aromatic heterocycles. The van der Waals surface area contributed by atoms with Crippen molar-refractivity contribution in [2.75, 3.05) is 26.2 Å². The number of nitrogens with zero attached hydrogens (tertiary/aromatic N) is 6. The van der Waals surface area contributed by atoms with Crippen molar-refractivity contribution in [3.8, 4) is 22.8 Å². The molecule has 3 heterocycles. The van der Waals surface area contributed by atoms with Crippen molar-refractivity contribution in [2.45, 2.75) is 32.6 Å². The first kappa shape index (κ1) is 24.1. The largest absolute Gasteiger partial charge is 0.419 e. The molecule has 1 fully saturated rings. The van der Waals surface area contributed by atoms with Crippen LogP contribution in [0.4, 0.5) is 13.2 Å². The molecule has 4 aromatic rings. The molecule has 5 rings (SSSR count). The van der Waals surface area contributed by atoms with Gasteiger partial charge in [0.05, 0.1) is 18.2 Å². The highest BCUT2D eigenvalue weighted by Gasteiger charge is 2.31. The number of alkyl halides is 3. The molecule has 36 heavy (non-hydrogen) atoms. The van der Waals surface area contributed by atoms with E-state index in [0.29, 0.717) is 24.2 Å². The van der Waals surface area contributed by atoms with Gasteiger partial charge in [-0.25, -0.2) is 0 Å². The maximum absolute atomic E-state index is 13.0. The predicted octanol–water partition coefficient (Wildman–Crippen LogP) is 4.99. The highest BCUT2D eigenvalue weighted by atomic mass is 19.4. The number of piperazine rings is 1. The molecule has 0 aliphatic carbocycles. The second-order valence-corrected chi connectivity index (χ2v) is 8.89. The normalized spacial score (nSPS) is 16.4. The Labute approximate surface area is 205 Å². The summed E-state index contributed by atoms with van der Waals surface area (Å²) < 4.78 is 50.4. The summed E-state index contributed by atoms with van der Waals surface area (Å²) in [6.07, 6.45) is -4.43. The Morgan fingerprint density at radius 3 is 2.44 bits per heavy atom. The molecule has 1 aliphatic rings. The van der Waals surface area contributed by atoms with Crippen LogP contribution in [0.15, 0.2) is 57.5 Å². The van der Waals surface area contributed by atoms with E-state index in [0.717, 1.165) is 49.4 Å². The van der Waals surface area contributed by atoms with Gasteiger partial charge in [0, 0.05) is 37.3 Å². The van der Waals surface area contributed by atoms with Crippen molar-refractivity contribution in [1.82, 2.24) is 30.1 Å². The number of halogens is 3. The first-order chi connectivity index (χ1) is 17.3. The molecule has 1 atom stereocenters. The Kier molecular flexibility index (Phi) is 6.59. The molecule has 2 aromatic carbocycles. The molecular formula is C25H25F3N6O2. The van der Waals surface area contributed by atoms with E-state index in [4.69, 9.17) is 8.94 Å². The van der Waals surface area contributed by atoms with Crippen LogP contribution in [-0.2, 0) is 12.7 Å². The lowest BCUT2D eigenvalue weighted by molar-refractivity contribution is -0.137. The zero-order valence-electron chi connectivity index (χ0n) is 19.9. The van der Waals surface area contributed by atoms with Crippen molar-refractivity contribution in [3.05, 3.63) is 71.4 Å². The van der Waals surface area contributed by atoms with Gasteiger partial charge < -0.3 is 8.94 Å². The highest BCUT2D eigenvalue weighted by molar-refractivity contribution is 5.56. The number of aryl methyl sites for hydroxylation is 1. The lowest BCUT2D eigenvalue weighted by Crippen LogP contribution is -2.46. The van der Waals surface area contributed by atoms with Crippen LogP contribution in [0.25, 0.3) is 22.8 Å². The van der Waals surface area contributed by atoms with Crippen molar-refractivity contribution in [3.63, 3.8) is 0 Å². The monoisotopic (exact) mass is 498 g/mol. The fourth-order valence-electron chi connectivity index (χ4n) is 4.14. The smallest absolute Gasteiger partial charge is 0.416 e. The minimum atomic E-state index is -4.43.